The van der Waals surface area contributed by atoms with E-state index in [0.29, 0.717) is 13.1 Å². The third-order valence-corrected chi connectivity index (χ3v) is 1.55. The van der Waals surface area contributed by atoms with Crippen LogP contribution in [0.2, 0.25) is 0 Å². The fourth-order valence-electron chi connectivity index (χ4n) is 1.75. The van der Waals surface area contributed by atoms with Crippen LogP contribution in [-0.2, 0) is 9.53 Å². The topological polar surface area (TPSA) is 26.3 Å². The van der Waals surface area contributed by atoms with Gasteiger partial charge in [0.1, 0.15) is 0 Å². The van der Waals surface area contributed by atoms with Gasteiger partial charge in [-0.25, -0.2) is 0 Å². The lowest BCUT2D eigenvalue weighted by molar-refractivity contribution is -0.132. The number of hydrogen-bond acceptors (Lipinski definition) is 2. The van der Waals surface area contributed by atoms with Gasteiger partial charge >= 0.3 is 0 Å². The number of ether oxygens (including phenoxy) is 1. The van der Waals surface area contributed by atoms with E-state index in [1.165, 1.54) is 0 Å². The molecule has 0 aliphatic heterocycles. The van der Waals surface area contributed by atoms with Crippen LogP contribution in [0.15, 0.2) is 0 Å². The smallest absolute Gasteiger partial charge is 0.293 e. The van der Waals surface area contributed by atoms with Gasteiger partial charge in [-0.05, 0) is 17.3 Å². The summed E-state index contributed by atoms with van der Waals surface area (Å²) in [4.78, 5) is 9.99. The molecule has 0 atom stereocenters. The molecule has 0 fully saturated rings. The third-order valence-electron chi connectivity index (χ3n) is 1.55. The summed E-state index contributed by atoms with van der Waals surface area (Å²) in [6.45, 7) is 11.8. The highest BCUT2D eigenvalue weighted by atomic mass is 16.5. The molecular formula is C10H20O2. The van der Waals surface area contributed by atoms with Gasteiger partial charge in [0.15, 0.2) is 0 Å². The number of carbonyl (C=O) groups excluding carboxylic acids is 1. The molecule has 2 nitrogen and oxygen atoms in total. The van der Waals surface area contributed by atoms with E-state index in [-0.39, 0.29) is 10.8 Å². The van der Waals surface area contributed by atoms with Crippen molar-refractivity contribution in [2.75, 3.05) is 6.61 Å². The highest BCUT2D eigenvalue weighted by Gasteiger charge is 2.25. The Labute approximate surface area is 75.3 Å². The third kappa shape index (κ3) is 6.20. The van der Waals surface area contributed by atoms with Crippen molar-refractivity contribution in [3.8, 4) is 0 Å². The number of carbonyl (C=O) groups is 1. The minimum atomic E-state index is 0.0825. The Morgan fingerprint density at radius 3 is 2.00 bits per heavy atom. The SMILES string of the molecule is CC(C)(C)CC(C)(C)COC=O. The molecule has 2 heteroatoms. The summed E-state index contributed by atoms with van der Waals surface area (Å²) in [5.74, 6) is 0. The van der Waals surface area contributed by atoms with Gasteiger partial charge in [-0.3, -0.25) is 4.79 Å². The predicted molar refractivity (Wildman–Crippen MR) is 49.9 cm³/mol. The van der Waals surface area contributed by atoms with Crippen molar-refractivity contribution in [3.05, 3.63) is 0 Å². The van der Waals surface area contributed by atoms with Crippen molar-refractivity contribution in [2.24, 2.45) is 10.8 Å². The van der Waals surface area contributed by atoms with Crippen molar-refractivity contribution in [1.82, 2.24) is 0 Å². The van der Waals surface area contributed by atoms with Gasteiger partial charge < -0.3 is 4.74 Å². The van der Waals surface area contributed by atoms with Crippen LogP contribution in [0.3, 0.4) is 0 Å². The van der Waals surface area contributed by atoms with Crippen LogP contribution in [0.4, 0.5) is 0 Å². The highest BCUT2D eigenvalue weighted by Crippen LogP contribution is 2.32. The molecule has 0 bridgehead atoms. The molecule has 0 aromatic carbocycles. The summed E-state index contributed by atoms with van der Waals surface area (Å²) >= 11 is 0. The van der Waals surface area contributed by atoms with Crippen molar-refractivity contribution in [2.45, 2.75) is 41.0 Å². The Kier molecular flexibility index (Phi) is 3.75. The van der Waals surface area contributed by atoms with Crippen LogP contribution >= 0.6 is 0 Å². The van der Waals surface area contributed by atoms with Gasteiger partial charge in [0.05, 0.1) is 6.61 Å². The van der Waals surface area contributed by atoms with Crippen molar-refractivity contribution < 1.29 is 9.53 Å². The molecule has 0 heterocycles. The van der Waals surface area contributed by atoms with E-state index in [1.807, 2.05) is 0 Å². The van der Waals surface area contributed by atoms with Crippen LogP contribution in [0.5, 0.6) is 0 Å². The van der Waals surface area contributed by atoms with Crippen LogP contribution < -0.4 is 0 Å². The zero-order valence-electron chi connectivity index (χ0n) is 8.81. The zero-order valence-corrected chi connectivity index (χ0v) is 8.81. The standard InChI is InChI=1S/C10H20O2/c1-9(2,3)6-10(4,5)7-12-8-11/h8H,6-7H2,1-5H3. The minimum absolute atomic E-state index is 0.0825. The van der Waals surface area contributed by atoms with E-state index in [4.69, 9.17) is 4.74 Å². The molecule has 0 spiro atoms. The van der Waals surface area contributed by atoms with E-state index < -0.39 is 0 Å². The van der Waals surface area contributed by atoms with E-state index in [1.54, 1.807) is 0 Å². The summed E-state index contributed by atoms with van der Waals surface area (Å²) in [6, 6.07) is 0. The van der Waals surface area contributed by atoms with E-state index in [9.17, 15) is 4.79 Å². The maximum Gasteiger partial charge on any atom is 0.293 e. The Balaban J connectivity index is 3.94. The van der Waals surface area contributed by atoms with Crippen LogP contribution in [0.1, 0.15) is 41.0 Å². The second kappa shape index (κ2) is 3.92. The van der Waals surface area contributed by atoms with E-state index in [0.717, 1.165) is 6.42 Å². The molecule has 0 rings (SSSR count). The monoisotopic (exact) mass is 172 g/mol. The number of rotatable bonds is 4. The average Bonchev–Trinajstić information content (AvgIpc) is 1.78. The number of hydrogen-bond donors (Lipinski definition) is 0. The second-order valence-electron chi connectivity index (χ2n) is 5.31. The minimum Gasteiger partial charge on any atom is -0.467 e. The van der Waals surface area contributed by atoms with E-state index >= 15 is 0 Å². The normalized spacial score (nSPS) is 12.8. The molecule has 0 aliphatic carbocycles. The van der Waals surface area contributed by atoms with Crippen molar-refractivity contribution in [1.29, 1.82) is 0 Å². The Morgan fingerprint density at radius 2 is 1.67 bits per heavy atom. The largest absolute Gasteiger partial charge is 0.467 e. The van der Waals surface area contributed by atoms with Crippen LogP contribution in [0, 0.1) is 10.8 Å². The summed E-state index contributed by atoms with van der Waals surface area (Å²) < 4.78 is 4.76. The maximum absolute atomic E-state index is 9.99. The molecule has 0 aromatic heterocycles. The highest BCUT2D eigenvalue weighted by molar-refractivity contribution is 5.36. The molecule has 0 unspecified atom stereocenters. The maximum atomic E-state index is 9.99. The van der Waals surface area contributed by atoms with Crippen molar-refractivity contribution in [3.63, 3.8) is 0 Å². The molecular weight excluding hydrogens is 152 g/mol. The van der Waals surface area contributed by atoms with Gasteiger partial charge in [0.2, 0.25) is 0 Å². The first kappa shape index (κ1) is 11.5. The lowest BCUT2D eigenvalue weighted by Crippen LogP contribution is -2.25. The molecule has 0 radical (unpaired) electrons. The summed E-state index contributed by atoms with van der Waals surface area (Å²) in [5, 5.41) is 0. The van der Waals surface area contributed by atoms with Gasteiger partial charge in [-0.1, -0.05) is 34.6 Å². The molecule has 0 amide bonds. The van der Waals surface area contributed by atoms with Gasteiger partial charge in [0, 0.05) is 0 Å². The quantitative estimate of drug-likeness (QED) is 0.609. The van der Waals surface area contributed by atoms with Gasteiger partial charge in [-0.2, -0.15) is 0 Å². The molecule has 0 saturated heterocycles. The molecule has 0 aliphatic rings. The molecule has 0 saturated carbocycles. The van der Waals surface area contributed by atoms with Gasteiger partial charge in [0.25, 0.3) is 6.47 Å². The molecule has 12 heavy (non-hydrogen) atoms. The predicted octanol–water partition coefficient (Wildman–Crippen LogP) is 2.62. The fraction of sp³-hybridized carbons (Fsp3) is 0.900. The fourth-order valence-corrected chi connectivity index (χ4v) is 1.75. The van der Waals surface area contributed by atoms with E-state index in [2.05, 4.69) is 34.6 Å². The molecule has 0 aromatic rings. The summed E-state index contributed by atoms with van der Waals surface area (Å²) in [7, 11) is 0. The summed E-state index contributed by atoms with van der Waals surface area (Å²) in [5.41, 5.74) is 0.370. The molecule has 0 N–H and O–H groups in total. The Morgan fingerprint density at radius 1 is 1.17 bits per heavy atom. The summed E-state index contributed by atoms with van der Waals surface area (Å²) in [6.07, 6.45) is 1.05. The van der Waals surface area contributed by atoms with Crippen LogP contribution in [0.25, 0.3) is 0 Å². The lowest BCUT2D eigenvalue weighted by atomic mass is 9.77. The first-order valence-corrected chi connectivity index (χ1v) is 4.32. The van der Waals surface area contributed by atoms with Crippen LogP contribution in [-0.4, -0.2) is 13.1 Å². The average molecular weight is 172 g/mol. The Hall–Kier alpha value is -0.530. The Bertz CT molecular complexity index is 142. The molecule has 72 valence electrons. The lowest BCUT2D eigenvalue weighted by Gasteiger charge is -2.31. The van der Waals surface area contributed by atoms with Crippen molar-refractivity contribution >= 4 is 6.47 Å². The second-order valence-corrected chi connectivity index (χ2v) is 5.31. The zero-order chi connectivity index (χ0) is 9.83. The first-order valence-electron chi connectivity index (χ1n) is 4.32. The first-order chi connectivity index (χ1) is 5.27. The van der Waals surface area contributed by atoms with Gasteiger partial charge in [-0.15, -0.1) is 0 Å².